The van der Waals surface area contributed by atoms with Crippen LogP contribution in [-0.2, 0) is 9.53 Å². The minimum Gasteiger partial charge on any atom is -0.463 e. The molecule has 178 valence electrons. The van der Waals surface area contributed by atoms with Gasteiger partial charge in [0.2, 0.25) is 0 Å². The van der Waals surface area contributed by atoms with Crippen LogP contribution in [0.4, 0.5) is 10.6 Å². The number of esters is 1. The van der Waals surface area contributed by atoms with E-state index in [1.165, 1.54) is 11.3 Å². The summed E-state index contributed by atoms with van der Waals surface area (Å²) in [5.74, 6) is 2.45. The quantitative estimate of drug-likeness (QED) is 0.254. The number of nitrogens with one attached hydrogen (secondary N) is 2. The van der Waals surface area contributed by atoms with E-state index in [0.29, 0.717) is 10.8 Å². The number of aromatic nitrogens is 2. The standard InChI is InChI=1S/C26H24N4O3S2/c1-5-22-29-21(14-34-22)30-25(32)28-20(13-33-24(31)26(2,3)4)17-11-9-16(10-12-17)18-7-6-8-19-23(18)35-15-27-19/h1,6-12,14-15,20H,13H2,2-4H3,(H2,28,30,32). The topological polar surface area (TPSA) is 93.2 Å². The molecule has 0 aliphatic carbocycles. The molecule has 0 fully saturated rings. The first-order valence-electron chi connectivity index (χ1n) is 10.8. The van der Waals surface area contributed by atoms with Crippen molar-refractivity contribution in [1.82, 2.24) is 15.3 Å². The number of thiazole rings is 2. The summed E-state index contributed by atoms with van der Waals surface area (Å²) in [7, 11) is 0. The van der Waals surface area contributed by atoms with Crippen LogP contribution in [0.15, 0.2) is 53.4 Å². The first kappa shape index (κ1) is 24.4. The lowest BCUT2D eigenvalue weighted by atomic mass is 9.97. The molecule has 0 saturated carbocycles. The molecule has 2 heterocycles. The van der Waals surface area contributed by atoms with Crippen molar-refractivity contribution in [3.63, 3.8) is 0 Å². The summed E-state index contributed by atoms with van der Waals surface area (Å²) in [4.78, 5) is 33.6. The number of fused-ring (bicyclic) bond motifs is 1. The number of rotatable bonds is 6. The van der Waals surface area contributed by atoms with Crippen LogP contribution in [0, 0.1) is 17.8 Å². The molecular formula is C26H24N4O3S2. The molecule has 35 heavy (non-hydrogen) atoms. The van der Waals surface area contributed by atoms with E-state index in [0.717, 1.165) is 26.9 Å². The molecule has 2 N–H and O–H groups in total. The van der Waals surface area contributed by atoms with E-state index >= 15 is 0 Å². The Morgan fingerprint density at radius 2 is 1.91 bits per heavy atom. The van der Waals surface area contributed by atoms with Gasteiger partial charge in [-0.3, -0.25) is 10.1 Å². The molecule has 2 aromatic heterocycles. The second kappa shape index (κ2) is 10.3. The lowest BCUT2D eigenvalue weighted by molar-refractivity contribution is -0.153. The third-order valence-electron chi connectivity index (χ3n) is 5.15. The van der Waals surface area contributed by atoms with Crippen LogP contribution < -0.4 is 10.6 Å². The molecule has 1 unspecified atom stereocenters. The summed E-state index contributed by atoms with van der Waals surface area (Å²) in [5, 5.41) is 7.69. The Balaban J connectivity index is 1.54. The van der Waals surface area contributed by atoms with Crippen LogP contribution >= 0.6 is 22.7 Å². The number of nitrogens with zero attached hydrogens (tertiary/aromatic N) is 2. The third-order valence-corrected chi connectivity index (χ3v) is 6.80. The van der Waals surface area contributed by atoms with Crippen LogP contribution in [0.5, 0.6) is 0 Å². The van der Waals surface area contributed by atoms with Gasteiger partial charge in [0.25, 0.3) is 0 Å². The van der Waals surface area contributed by atoms with E-state index in [1.807, 2.05) is 41.9 Å². The molecular weight excluding hydrogens is 480 g/mol. The Hall–Kier alpha value is -3.74. The van der Waals surface area contributed by atoms with Crippen molar-refractivity contribution in [2.24, 2.45) is 5.41 Å². The summed E-state index contributed by atoms with van der Waals surface area (Å²) in [5.41, 5.74) is 5.05. The second-order valence-electron chi connectivity index (χ2n) is 8.81. The van der Waals surface area contributed by atoms with Gasteiger partial charge in [0.05, 0.1) is 27.2 Å². The van der Waals surface area contributed by atoms with E-state index in [2.05, 4.69) is 32.6 Å². The van der Waals surface area contributed by atoms with Crippen LogP contribution in [0.25, 0.3) is 21.3 Å². The predicted molar refractivity (Wildman–Crippen MR) is 140 cm³/mol. The molecule has 0 aliphatic rings. The van der Waals surface area contributed by atoms with Crippen LogP contribution in [-0.4, -0.2) is 28.6 Å². The summed E-state index contributed by atoms with van der Waals surface area (Å²) in [6.07, 6.45) is 5.35. The van der Waals surface area contributed by atoms with Gasteiger partial charge in [-0.2, -0.15) is 0 Å². The Bertz CT molecular complexity index is 1390. The van der Waals surface area contributed by atoms with Crippen molar-refractivity contribution < 1.29 is 14.3 Å². The van der Waals surface area contributed by atoms with Gasteiger partial charge in [-0.1, -0.05) is 36.4 Å². The van der Waals surface area contributed by atoms with Gasteiger partial charge < -0.3 is 10.1 Å². The number of carbonyl (C=O) groups is 2. The van der Waals surface area contributed by atoms with Gasteiger partial charge in [-0.25, -0.2) is 14.8 Å². The number of amides is 2. The maximum atomic E-state index is 12.7. The summed E-state index contributed by atoms with van der Waals surface area (Å²) in [6.45, 7) is 5.33. The Labute approximate surface area is 211 Å². The van der Waals surface area contributed by atoms with Crippen molar-refractivity contribution in [3.05, 3.63) is 63.9 Å². The van der Waals surface area contributed by atoms with E-state index < -0.39 is 17.5 Å². The van der Waals surface area contributed by atoms with Gasteiger partial charge in [-0.15, -0.1) is 29.1 Å². The smallest absolute Gasteiger partial charge is 0.321 e. The van der Waals surface area contributed by atoms with Gasteiger partial charge in [0, 0.05) is 10.9 Å². The lowest BCUT2D eigenvalue weighted by Crippen LogP contribution is -2.36. The monoisotopic (exact) mass is 504 g/mol. The predicted octanol–water partition coefficient (Wildman–Crippen LogP) is 5.85. The zero-order valence-corrected chi connectivity index (χ0v) is 21.1. The SMILES string of the molecule is C#Cc1nc(NC(=O)NC(COC(=O)C(C)(C)C)c2ccc(-c3cccc4ncsc34)cc2)cs1. The molecule has 1 atom stereocenters. The van der Waals surface area contributed by atoms with E-state index in [1.54, 1.807) is 37.5 Å². The highest BCUT2D eigenvalue weighted by atomic mass is 32.1. The van der Waals surface area contributed by atoms with Gasteiger partial charge in [0.1, 0.15) is 12.4 Å². The maximum Gasteiger partial charge on any atom is 0.321 e. The van der Waals surface area contributed by atoms with Crippen molar-refractivity contribution in [3.8, 4) is 23.5 Å². The molecule has 2 amide bonds. The fourth-order valence-electron chi connectivity index (χ4n) is 3.31. The van der Waals surface area contributed by atoms with Crippen molar-refractivity contribution in [2.75, 3.05) is 11.9 Å². The molecule has 0 bridgehead atoms. The summed E-state index contributed by atoms with van der Waals surface area (Å²) >= 11 is 2.86. The normalized spacial score (nSPS) is 12.1. The van der Waals surface area contributed by atoms with Gasteiger partial charge in [-0.05, 0) is 43.9 Å². The highest BCUT2D eigenvalue weighted by Crippen LogP contribution is 2.32. The highest BCUT2D eigenvalue weighted by Gasteiger charge is 2.25. The number of hydrogen-bond donors (Lipinski definition) is 2. The lowest BCUT2D eigenvalue weighted by Gasteiger charge is -2.22. The number of anilines is 1. The number of ether oxygens (including phenoxy) is 1. The van der Waals surface area contributed by atoms with Crippen LogP contribution in [0.1, 0.15) is 37.4 Å². The molecule has 0 spiro atoms. The molecule has 7 nitrogen and oxygen atoms in total. The average molecular weight is 505 g/mol. The minimum atomic E-state index is -0.656. The fourth-order valence-corrected chi connectivity index (χ4v) is 4.69. The van der Waals surface area contributed by atoms with Gasteiger partial charge in [0.15, 0.2) is 5.01 Å². The van der Waals surface area contributed by atoms with Gasteiger partial charge >= 0.3 is 12.0 Å². The Morgan fingerprint density at radius 3 is 2.60 bits per heavy atom. The maximum absolute atomic E-state index is 12.7. The zero-order valence-electron chi connectivity index (χ0n) is 19.5. The number of benzene rings is 2. The average Bonchev–Trinajstić information content (AvgIpc) is 3.50. The van der Waals surface area contributed by atoms with Crippen molar-refractivity contribution in [1.29, 1.82) is 0 Å². The first-order valence-corrected chi connectivity index (χ1v) is 12.6. The number of hydrogen-bond acceptors (Lipinski definition) is 7. The summed E-state index contributed by atoms with van der Waals surface area (Å²) < 4.78 is 6.64. The highest BCUT2D eigenvalue weighted by molar-refractivity contribution is 7.17. The molecule has 9 heteroatoms. The molecule has 0 aliphatic heterocycles. The number of carbonyl (C=O) groups excluding carboxylic acids is 2. The molecule has 0 radical (unpaired) electrons. The first-order chi connectivity index (χ1) is 16.7. The van der Waals surface area contributed by atoms with Crippen LogP contribution in [0.3, 0.4) is 0 Å². The number of terminal acetylenes is 1. The van der Waals surface area contributed by atoms with E-state index in [4.69, 9.17) is 11.2 Å². The number of urea groups is 1. The molecule has 4 rings (SSSR count). The second-order valence-corrected chi connectivity index (χ2v) is 10.5. The third kappa shape index (κ3) is 5.85. The van der Waals surface area contributed by atoms with Crippen molar-refractivity contribution in [2.45, 2.75) is 26.8 Å². The van der Waals surface area contributed by atoms with E-state index in [-0.39, 0.29) is 12.6 Å². The molecule has 2 aromatic carbocycles. The summed E-state index contributed by atoms with van der Waals surface area (Å²) in [6, 6.07) is 12.8. The van der Waals surface area contributed by atoms with Crippen molar-refractivity contribution >= 4 is 50.7 Å². The zero-order chi connectivity index (χ0) is 25.0. The molecule has 0 saturated heterocycles. The Morgan fingerprint density at radius 1 is 1.14 bits per heavy atom. The van der Waals surface area contributed by atoms with E-state index in [9.17, 15) is 9.59 Å². The molecule has 4 aromatic rings. The Kier molecular flexibility index (Phi) is 7.15. The fraction of sp³-hybridized carbons (Fsp3) is 0.231. The minimum absolute atomic E-state index is 0.0139. The largest absolute Gasteiger partial charge is 0.463 e. The van der Waals surface area contributed by atoms with Crippen LogP contribution in [0.2, 0.25) is 0 Å².